The second-order valence-electron chi connectivity index (χ2n) is 4.73. The zero-order chi connectivity index (χ0) is 11.4. The highest BCUT2D eigenvalue weighted by Crippen LogP contribution is 2.08. The van der Waals surface area contributed by atoms with Crippen molar-refractivity contribution in [3.63, 3.8) is 0 Å². The summed E-state index contributed by atoms with van der Waals surface area (Å²) in [6.45, 7) is 12.3. The molecule has 3 nitrogen and oxygen atoms in total. The van der Waals surface area contributed by atoms with Crippen LogP contribution in [0.1, 0.15) is 20.8 Å². The Morgan fingerprint density at radius 2 is 1.73 bits per heavy atom. The number of hydrogen-bond donors (Lipinski definition) is 1. The highest BCUT2D eigenvalue weighted by molar-refractivity contribution is 7.80. The van der Waals surface area contributed by atoms with Crippen LogP contribution in [0.3, 0.4) is 0 Å². The van der Waals surface area contributed by atoms with E-state index in [-0.39, 0.29) is 0 Å². The van der Waals surface area contributed by atoms with Crippen LogP contribution >= 0.6 is 12.2 Å². The van der Waals surface area contributed by atoms with E-state index in [0.717, 1.165) is 19.6 Å². The Kier molecular flexibility index (Phi) is 4.96. The first-order valence-corrected chi connectivity index (χ1v) is 6.17. The van der Waals surface area contributed by atoms with Gasteiger partial charge in [-0.1, -0.05) is 19.1 Å². The summed E-state index contributed by atoms with van der Waals surface area (Å²) >= 11 is 4.99. The largest absolute Gasteiger partial charge is 0.393 e. The van der Waals surface area contributed by atoms with E-state index >= 15 is 0 Å². The normalized spacial score (nSPS) is 21.9. The molecule has 0 amide bonds. The van der Waals surface area contributed by atoms with E-state index in [9.17, 15) is 0 Å². The van der Waals surface area contributed by atoms with Gasteiger partial charge in [0, 0.05) is 44.7 Å². The second-order valence-corrected chi connectivity index (χ2v) is 5.21. The molecule has 2 N–H and O–H groups in total. The van der Waals surface area contributed by atoms with Crippen molar-refractivity contribution in [2.75, 3.05) is 32.7 Å². The van der Waals surface area contributed by atoms with Gasteiger partial charge in [0.25, 0.3) is 0 Å². The fraction of sp³-hybridized carbons (Fsp3) is 0.909. The lowest BCUT2D eigenvalue weighted by molar-refractivity contribution is 0.104. The van der Waals surface area contributed by atoms with Gasteiger partial charge in [0.15, 0.2) is 0 Å². The Morgan fingerprint density at radius 1 is 1.20 bits per heavy atom. The van der Waals surface area contributed by atoms with Gasteiger partial charge in [-0.3, -0.25) is 4.90 Å². The molecule has 1 aliphatic rings. The van der Waals surface area contributed by atoms with Crippen molar-refractivity contribution in [1.29, 1.82) is 0 Å². The van der Waals surface area contributed by atoms with E-state index < -0.39 is 0 Å². The average molecular weight is 229 g/mol. The Morgan fingerprint density at radius 3 is 2.13 bits per heavy atom. The lowest BCUT2D eigenvalue weighted by Gasteiger charge is -2.37. The van der Waals surface area contributed by atoms with Crippen molar-refractivity contribution in [2.24, 2.45) is 11.7 Å². The van der Waals surface area contributed by atoms with Gasteiger partial charge in [0.1, 0.15) is 0 Å². The summed E-state index contributed by atoms with van der Waals surface area (Å²) in [5, 5.41) is 0. The number of nitrogens with two attached hydrogens (primary N) is 1. The van der Waals surface area contributed by atoms with Crippen molar-refractivity contribution in [2.45, 2.75) is 26.8 Å². The van der Waals surface area contributed by atoms with E-state index in [2.05, 4.69) is 30.6 Å². The standard InChI is InChI=1S/C11H23N3S/c1-9(2)14-6-4-13(5-7-14)8-10(3)11(12)15/h9-10H,4-8H2,1-3H3,(H2,12,15). The summed E-state index contributed by atoms with van der Waals surface area (Å²) in [6, 6.07) is 0.667. The van der Waals surface area contributed by atoms with Gasteiger partial charge in [-0.05, 0) is 13.8 Å². The van der Waals surface area contributed by atoms with Crippen LogP contribution in [0.4, 0.5) is 0 Å². The highest BCUT2D eigenvalue weighted by atomic mass is 32.1. The zero-order valence-corrected chi connectivity index (χ0v) is 10.9. The Balaban J connectivity index is 2.28. The molecule has 0 radical (unpaired) electrons. The SMILES string of the molecule is CC(CN1CCN(C(C)C)CC1)C(N)=S. The summed E-state index contributed by atoms with van der Waals surface area (Å²) in [5.41, 5.74) is 5.62. The van der Waals surface area contributed by atoms with Crippen LogP contribution in [0.15, 0.2) is 0 Å². The lowest BCUT2D eigenvalue weighted by atomic mass is 10.1. The molecule has 1 heterocycles. The van der Waals surface area contributed by atoms with Crippen LogP contribution in [0.2, 0.25) is 0 Å². The number of rotatable bonds is 4. The molecule has 1 unspecified atom stereocenters. The van der Waals surface area contributed by atoms with E-state index in [1.54, 1.807) is 0 Å². The predicted molar refractivity (Wildman–Crippen MR) is 69.1 cm³/mol. The van der Waals surface area contributed by atoms with Gasteiger partial charge in [0.05, 0.1) is 4.99 Å². The number of hydrogen-bond acceptors (Lipinski definition) is 3. The summed E-state index contributed by atoms with van der Waals surface area (Å²) < 4.78 is 0. The monoisotopic (exact) mass is 229 g/mol. The van der Waals surface area contributed by atoms with E-state index in [1.807, 2.05) is 0 Å². The summed E-state index contributed by atoms with van der Waals surface area (Å²) in [5.74, 6) is 0.339. The molecule has 4 heteroatoms. The molecule has 1 rings (SSSR count). The first kappa shape index (κ1) is 12.9. The Bertz CT molecular complexity index is 210. The molecule has 1 atom stereocenters. The fourth-order valence-corrected chi connectivity index (χ4v) is 2.01. The van der Waals surface area contributed by atoms with Crippen molar-refractivity contribution in [1.82, 2.24) is 9.80 Å². The molecule has 0 aliphatic carbocycles. The maximum absolute atomic E-state index is 5.62. The summed E-state index contributed by atoms with van der Waals surface area (Å²) in [4.78, 5) is 5.62. The molecule has 0 bridgehead atoms. The van der Waals surface area contributed by atoms with Crippen molar-refractivity contribution >= 4 is 17.2 Å². The number of piperazine rings is 1. The smallest absolute Gasteiger partial charge is 0.0768 e. The predicted octanol–water partition coefficient (Wildman–Crippen LogP) is 0.935. The first-order valence-electron chi connectivity index (χ1n) is 5.76. The molecule has 1 aliphatic heterocycles. The molecular weight excluding hydrogens is 206 g/mol. The molecule has 0 aromatic carbocycles. The topological polar surface area (TPSA) is 32.5 Å². The molecule has 88 valence electrons. The van der Waals surface area contributed by atoms with Crippen LogP contribution in [-0.4, -0.2) is 53.6 Å². The molecule has 0 aromatic rings. The minimum atomic E-state index is 0.339. The minimum absolute atomic E-state index is 0.339. The Hall–Kier alpha value is -0.190. The van der Waals surface area contributed by atoms with E-state index in [0.29, 0.717) is 16.9 Å². The average Bonchev–Trinajstić information content (AvgIpc) is 2.18. The van der Waals surface area contributed by atoms with Crippen molar-refractivity contribution < 1.29 is 0 Å². The zero-order valence-electron chi connectivity index (χ0n) is 10.1. The van der Waals surface area contributed by atoms with Gasteiger partial charge in [-0.15, -0.1) is 0 Å². The van der Waals surface area contributed by atoms with E-state index in [1.165, 1.54) is 13.1 Å². The number of nitrogens with zero attached hydrogens (tertiary/aromatic N) is 2. The Labute approximate surface area is 98.6 Å². The molecule has 0 spiro atoms. The van der Waals surface area contributed by atoms with Gasteiger partial charge in [-0.25, -0.2) is 0 Å². The summed E-state index contributed by atoms with van der Waals surface area (Å²) in [7, 11) is 0. The van der Waals surface area contributed by atoms with Gasteiger partial charge < -0.3 is 10.6 Å². The molecular formula is C11H23N3S. The van der Waals surface area contributed by atoms with Gasteiger partial charge in [-0.2, -0.15) is 0 Å². The van der Waals surface area contributed by atoms with Crippen molar-refractivity contribution in [3.8, 4) is 0 Å². The minimum Gasteiger partial charge on any atom is -0.393 e. The third kappa shape index (κ3) is 4.05. The quantitative estimate of drug-likeness (QED) is 0.727. The van der Waals surface area contributed by atoms with E-state index in [4.69, 9.17) is 18.0 Å². The van der Waals surface area contributed by atoms with Crippen LogP contribution in [0.5, 0.6) is 0 Å². The van der Waals surface area contributed by atoms with Crippen LogP contribution in [0.25, 0.3) is 0 Å². The highest BCUT2D eigenvalue weighted by Gasteiger charge is 2.20. The number of thiocarbonyl (C=S) groups is 1. The van der Waals surface area contributed by atoms with Crippen LogP contribution in [-0.2, 0) is 0 Å². The second kappa shape index (κ2) is 5.77. The maximum Gasteiger partial charge on any atom is 0.0768 e. The summed E-state index contributed by atoms with van der Waals surface area (Å²) in [6.07, 6.45) is 0. The van der Waals surface area contributed by atoms with Gasteiger partial charge in [0.2, 0.25) is 0 Å². The third-order valence-corrected chi connectivity index (χ3v) is 3.56. The van der Waals surface area contributed by atoms with Gasteiger partial charge >= 0.3 is 0 Å². The maximum atomic E-state index is 5.62. The lowest BCUT2D eigenvalue weighted by Crippen LogP contribution is -2.50. The first-order chi connectivity index (χ1) is 7.00. The van der Waals surface area contributed by atoms with Crippen LogP contribution < -0.4 is 5.73 Å². The van der Waals surface area contributed by atoms with Crippen molar-refractivity contribution in [3.05, 3.63) is 0 Å². The fourth-order valence-electron chi connectivity index (χ4n) is 1.94. The molecule has 1 saturated heterocycles. The molecule has 0 aromatic heterocycles. The van der Waals surface area contributed by atoms with Crippen LogP contribution in [0, 0.1) is 5.92 Å². The molecule has 15 heavy (non-hydrogen) atoms. The molecule has 0 saturated carbocycles. The molecule has 1 fully saturated rings. The third-order valence-electron chi connectivity index (χ3n) is 3.15.